The highest BCUT2D eigenvalue weighted by molar-refractivity contribution is 5.32. The van der Waals surface area contributed by atoms with Crippen molar-refractivity contribution in [1.82, 2.24) is 0 Å². The first-order chi connectivity index (χ1) is 7.09. The summed E-state index contributed by atoms with van der Waals surface area (Å²) in [5.41, 5.74) is -0.373. The van der Waals surface area contributed by atoms with Gasteiger partial charge in [-0.25, -0.2) is 0 Å². The maximum Gasteiger partial charge on any atom is 0.416 e. The lowest BCUT2D eigenvalue weighted by Crippen LogP contribution is -2.10. The van der Waals surface area contributed by atoms with Crippen LogP contribution in [0.2, 0.25) is 0 Å². The van der Waals surface area contributed by atoms with Crippen LogP contribution in [0, 0.1) is 0 Å². The molecule has 0 aromatic heterocycles. The lowest BCUT2D eigenvalue weighted by Gasteiger charge is -2.14. The van der Waals surface area contributed by atoms with Crippen LogP contribution in [0.4, 0.5) is 13.2 Å². The predicted molar refractivity (Wildman–Crippen MR) is 48.5 cm³/mol. The van der Waals surface area contributed by atoms with Crippen LogP contribution in [0.3, 0.4) is 0 Å². The molecule has 0 N–H and O–H groups in total. The van der Waals surface area contributed by atoms with Gasteiger partial charge < -0.3 is 0 Å². The molecule has 2 nitrogen and oxygen atoms in total. The summed E-state index contributed by atoms with van der Waals surface area (Å²) in [7, 11) is 0. The van der Waals surface area contributed by atoms with Gasteiger partial charge in [0.15, 0.2) is 0 Å². The molecule has 2 rings (SSSR count). The van der Waals surface area contributed by atoms with E-state index in [0.717, 1.165) is 6.07 Å². The van der Waals surface area contributed by atoms with Crippen molar-refractivity contribution < 1.29 is 13.2 Å². The minimum Gasteiger partial charge on any atom is -0.193 e. The number of benzene rings is 1. The van der Waals surface area contributed by atoms with E-state index >= 15 is 0 Å². The van der Waals surface area contributed by atoms with Gasteiger partial charge in [0.1, 0.15) is 0 Å². The van der Waals surface area contributed by atoms with E-state index in [1.807, 2.05) is 0 Å². The normalized spacial score (nSPS) is 20.9. The number of halogens is 3. The first-order valence-corrected chi connectivity index (χ1v) is 4.62. The van der Waals surface area contributed by atoms with E-state index < -0.39 is 17.8 Å². The summed E-state index contributed by atoms with van der Waals surface area (Å²) in [5.74, 6) is 0. The van der Waals surface area contributed by atoms with Gasteiger partial charge in [-0.15, -0.1) is 0 Å². The molecule has 0 fully saturated rings. The van der Waals surface area contributed by atoms with Crippen molar-refractivity contribution in [3.05, 3.63) is 35.4 Å². The Morgan fingerprint density at radius 2 is 1.93 bits per heavy atom. The van der Waals surface area contributed by atoms with Crippen LogP contribution in [-0.4, -0.2) is 6.54 Å². The number of rotatable bonds is 1. The Kier molecular flexibility index (Phi) is 2.46. The third-order valence-corrected chi connectivity index (χ3v) is 2.35. The van der Waals surface area contributed by atoms with E-state index in [4.69, 9.17) is 0 Å². The minimum absolute atomic E-state index is 0.228. The van der Waals surface area contributed by atoms with Crippen molar-refractivity contribution in [2.24, 2.45) is 10.2 Å². The van der Waals surface area contributed by atoms with Gasteiger partial charge >= 0.3 is 6.18 Å². The molecule has 1 aromatic carbocycles. The highest BCUT2D eigenvalue weighted by Gasteiger charge is 2.35. The van der Waals surface area contributed by atoms with E-state index in [1.165, 1.54) is 12.1 Å². The number of nitrogens with zero attached hydrogens (tertiary/aromatic N) is 2. The Morgan fingerprint density at radius 1 is 1.20 bits per heavy atom. The van der Waals surface area contributed by atoms with Crippen LogP contribution in [0.1, 0.15) is 23.6 Å². The zero-order valence-corrected chi connectivity index (χ0v) is 7.83. The topological polar surface area (TPSA) is 24.7 Å². The molecule has 1 atom stereocenters. The van der Waals surface area contributed by atoms with Crippen molar-refractivity contribution in [2.75, 3.05) is 6.54 Å². The SMILES string of the molecule is FC(F)(F)c1ccccc1C1CCN=N1. The summed E-state index contributed by atoms with van der Waals surface area (Å²) in [6, 6.07) is 5.11. The summed E-state index contributed by atoms with van der Waals surface area (Å²) < 4.78 is 37.9. The van der Waals surface area contributed by atoms with Crippen LogP contribution < -0.4 is 0 Å². The first kappa shape index (κ1) is 10.1. The summed E-state index contributed by atoms with van der Waals surface area (Å²) in [6.07, 6.45) is -3.75. The van der Waals surface area contributed by atoms with E-state index in [2.05, 4.69) is 10.2 Å². The summed E-state index contributed by atoms with van der Waals surface area (Å²) in [6.45, 7) is 0.511. The lowest BCUT2D eigenvalue weighted by molar-refractivity contribution is -0.138. The average molecular weight is 214 g/mol. The molecule has 0 bridgehead atoms. The highest BCUT2D eigenvalue weighted by atomic mass is 19.4. The Hall–Kier alpha value is -1.39. The molecule has 1 aliphatic heterocycles. The molecule has 1 heterocycles. The quantitative estimate of drug-likeness (QED) is 0.682. The predicted octanol–water partition coefficient (Wildman–Crippen LogP) is 3.60. The summed E-state index contributed by atoms with van der Waals surface area (Å²) in [5, 5.41) is 7.53. The Labute approximate surface area is 84.8 Å². The molecule has 0 saturated heterocycles. The third-order valence-electron chi connectivity index (χ3n) is 2.35. The maximum atomic E-state index is 12.6. The van der Waals surface area contributed by atoms with Crippen LogP contribution in [-0.2, 0) is 6.18 Å². The molecule has 0 radical (unpaired) electrons. The van der Waals surface area contributed by atoms with Gasteiger partial charge in [0.05, 0.1) is 18.2 Å². The van der Waals surface area contributed by atoms with Gasteiger partial charge in [0.25, 0.3) is 0 Å². The fourth-order valence-electron chi connectivity index (χ4n) is 1.66. The molecule has 1 aromatic rings. The van der Waals surface area contributed by atoms with Gasteiger partial charge in [-0.1, -0.05) is 18.2 Å². The standard InChI is InChI=1S/C10H9F3N2/c11-10(12,13)8-4-2-1-3-7(8)9-5-6-14-15-9/h1-4,9H,5-6H2. The fraction of sp³-hybridized carbons (Fsp3) is 0.400. The molecule has 0 amide bonds. The van der Waals surface area contributed by atoms with Gasteiger partial charge in [-0.2, -0.15) is 23.4 Å². The molecule has 1 unspecified atom stereocenters. The van der Waals surface area contributed by atoms with Crippen molar-refractivity contribution in [1.29, 1.82) is 0 Å². The summed E-state index contributed by atoms with van der Waals surface area (Å²) in [4.78, 5) is 0. The van der Waals surface area contributed by atoms with Crippen LogP contribution in [0.25, 0.3) is 0 Å². The summed E-state index contributed by atoms with van der Waals surface area (Å²) >= 11 is 0. The number of hydrogen-bond acceptors (Lipinski definition) is 2. The second kappa shape index (κ2) is 3.64. The van der Waals surface area contributed by atoms with Gasteiger partial charge in [0.2, 0.25) is 0 Å². The second-order valence-electron chi connectivity index (χ2n) is 3.37. The average Bonchev–Trinajstić information content (AvgIpc) is 2.69. The second-order valence-corrected chi connectivity index (χ2v) is 3.37. The Morgan fingerprint density at radius 3 is 2.53 bits per heavy atom. The largest absolute Gasteiger partial charge is 0.416 e. The van der Waals surface area contributed by atoms with Gasteiger partial charge in [-0.05, 0) is 18.1 Å². The lowest BCUT2D eigenvalue weighted by atomic mass is 9.99. The molecular formula is C10H9F3N2. The van der Waals surface area contributed by atoms with Crippen molar-refractivity contribution in [3.8, 4) is 0 Å². The van der Waals surface area contributed by atoms with E-state index in [1.54, 1.807) is 6.07 Å². The zero-order valence-electron chi connectivity index (χ0n) is 7.83. The molecule has 80 valence electrons. The van der Waals surface area contributed by atoms with Crippen molar-refractivity contribution in [3.63, 3.8) is 0 Å². The third kappa shape index (κ3) is 2.00. The van der Waals surface area contributed by atoms with E-state index in [0.29, 0.717) is 13.0 Å². The van der Waals surface area contributed by atoms with Gasteiger partial charge in [-0.3, -0.25) is 0 Å². The van der Waals surface area contributed by atoms with Crippen LogP contribution in [0.5, 0.6) is 0 Å². The zero-order chi connectivity index (χ0) is 10.9. The molecule has 15 heavy (non-hydrogen) atoms. The monoisotopic (exact) mass is 214 g/mol. The van der Waals surface area contributed by atoms with Crippen molar-refractivity contribution in [2.45, 2.75) is 18.6 Å². The number of alkyl halides is 3. The van der Waals surface area contributed by atoms with Gasteiger partial charge in [0, 0.05) is 0 Å². The smallest absolute Gasteiger partial charge is 0.193 e. The molecule has 1 aliphatic rings. The molecule has 0 saturated carbocycles. The maximum absolute atomic E-state index is 12.6. The molecule has 5 heteroatoms. The van der Waals surface area contributed by atoms with E-state index in [9.17, 15) is 13.2 Å². The van der Waals surface area contributed by atoms with Crippen LogP contribution in [0.15, 0.2) is 34.5 Å². The number of azo groups is 1. The minimum atomic E-state index is -4.31. The number of hydrogen-bond donors (Lipinski definition) is 0. The Balaban J connectivity index is 2.42. The fourth-order valence-corrected chi connectivity index (χ4v) is 1.66. The molecular weight excluding hydrogens is 205 g/mol. The van der Waals surface area contributed by atoms with E-state index in [-0.39, 0.29) is 5.56 Å². The molecule has 0 aliphatic carbocycles. The van der Waals surface area contributed by atoms with Crippen LogP contribution >= 0.6 is 0 Å². The Bertz CT molecular complexity index is 384. The molecule has 0 spiro atoms. The first-order valence-electron chi connectivity index (χ1n) is 4.62. The highest BCUT2D eigenvalue weighted by Crippen LogP contribution is 2.37. The van der Waals surface area contributed by atoms with Crippen molar-refractivity contribution >= 4 is 0 Å².